The zero-order valence-electron chi connectivity index (χ0n) is 14.5. The molecule has 0 aromatic rings. The minimum absolute atomic E-state index is 0.166. The van der Waals surface area contributed by atoms with Gasteiger partial charge in [0, 0.05) is 0 Å². The maximum atomic E-state index is 12.6. The quantitative estimate of drug-likeness (QED) is 0.358. The van der Waals surface area contributed by atoms with Gasteiger partial charge < -0.3 is 22.8 Å². The van der Waals surface area contributed by atoms with Gasteiger partial charge in [-0.25, -0.2) is 0 Å². The molecule has 0 atom stereocenters. The largest absolute Gasteiger partial charge is 0.469 e. The highest BCUT2D eigenvalue weighted by atomic mass is 31.2. The number of hydrogen-bond acceptors (Lipinski definition) is 8. The third kappa shape index (κ3) is 8.43. The first-order valence-electron chi connectivity index (χ1n) is 7.63. The van der Waals surface area contributed by atoms with Crippen LogP contribution < -0.4 is 0 Å². The van der Waals surface area contributed by atoms with E-state index in [2.05, 4.69) is 0 Å². The van der Waals surface area contributed by atoms with E-state index >= 15 is 0 Å². The molecule has 8 nitrogen and oxygen atoms in total. The first-order valence-corrected chi connectivity index (χ1v) is 11.1. The van der Waals surface area contributed by atoms with Crippen LogP contribution in [0.1, 0.15) is 27.7 Å². The van der Waals surface area contributed by atoms with Crippen molar-refractivity contribution in [3.63, 3.8) is 0 Å². The van der Waals surface area contributed by atoms with Crippen molar-refractivity contribution in [2.45, 2.75) is 27.7 Å². The van der Waals surface area contributed by atoms with Crippen molar-refractivity contribution in [3.8, 4) is 0 Å². The van der Waals surface area contributed by atoms with E-state index in [9.17, 15) is 13.9 Å². The Morgan fingerprint density at radius 1 is 0.783 bits per heavy atom. The van der Waals surface area contributed by atoms with Gasteiger partial charge in [0.25, 0.3) is 0 Å². The van der Waals surface area contributed by atoms with Crippen molar-refractivity contribution in [2.24, 2.45) is 5.92 Å². The van der Waals surface area contributed by atoms with Crippen molar-refractivity contribution in [3.05, 3.63) is 0 Å². The third-order valence-corrected chi connectivity index (χ3v) is 7.11. The van der Waals surface area contributed by atoms with Gasteiger partial charge in [0.15, 0.2) is 0 Å². The minimum Gasteiger partial charge on any atom is -0.469 e. The van der Waals surface area contributed by atoms with Crippen molar-refractivity contribution in [1.82, 2.24) is 0 Å². The van der Waals surface area contributed by atoms with Crippen LogP contribution in [0.5, 0.6) is 0 Å². The van der Waals surface area contributed by atoms with Gasteiger partial charge >= 0.3 is 21.2 Å². The number of ether oxygens (including phenoxy) is 1. The highest BCUT2D eigenvalue weighted by Crippen LogP contribution is 2.55. The maximum Gasteiger partial charge on any atom is 0.331 e. The van der Waals surface area contributed by atoms with E-state index in [1.54, 1.807) is 27.7 Å². The molecule has 0 saturated carbocycles. The molecule has 0 aliphatic rings. The Kier molecular flexibility index (Phi) is 11.2. The van der Waals surface area contributed by atoms with Crippen LogP contribution in [0.3, 0.4) is 0 Å². The predicted octanol–water partition coefficient (Wildman–Crippen LogP) is 3.31. The second-order valence-corrected chi connectivity index (χ2v) is 8.68. The molecule has 0 rings (SSSR count). The fourth-order valence-corrected chi connectivity index (χ4v) is 5.97. The third-order valence-electron chi connectivity index (χ3n) is 2.73. The molecule has 0 aromatic heterocycles. The summed E-state index contributed by atoms with van der Waals surface area (Å²) in [6.45, 7) is 7.35. The van der Waals surface area contributed by atoms with Crippen molar-refractivity contribution in [2.75, 3.05) is 45.9 Å². The summed E-state index contributed by atoms with van der Waals surface area (Å²) >= 11 is 0. The summed E-state index contributed by atoms with van der Waals surface area (Å²) in [5, 5.41) is 0. The summed E-state index contributed by atoms with van der Waals surface area (Å²) in [4.78, 5) is 12.0. The van der Waals surface area contributed by atoms with E-state index in [-0.39, 0.29) is 38.8 Å². The first kappa shape index (κ1) is 22.8. The topological polar surface area (TPSA) is 97.4 Å². The number of methoxy groups -OCH3 is 1. The Balaban J connectivity index is 5.31. The summed E-state index contributed by atoms with van der Waals surface area (Å²) in [6.07, 6.45) is -0.489. The Hall–Kier alpha value is -0.230. The van der Waals surface area contributed by atoms with Crippen LogP contribution in [0.25, 0.3) is 0 Å². The predicted molar refractivity (Wildman–Crippen MR) is 87.0 cm³/mol. The van der Waals surface area contributed by atoms with Gasteiger partial charge in [0.05, 0.1) is 51.8 Å². The first-order chi connectivity index (χ1) is 10.8. The van der Waals surface area contributed by atoms with Crippen molar-refractivity contribution in [1.29, 1.82) is 0 Å². The van der Waals surface area contributed by atoms with Crippen LogP contribution in [0, 0.1) is 5.92 Å². The number of carbonyl (C=O) groups is 1. The fourth-order valence-electron chi connectivity index (χ4n) is 1.99. The summed E-state index contributed by atoms with van der Waals surface area (Å²) < 4.78 is 50.7. The second kappa shape index (κ2) is 11.3. The standard InChI is InChI=1S/C13H28O8P2/c1-6-18-22(15,19-7-2)10-12(13(14)17-5)11-23(16,20-8-3)21-9-4/h12H,6-11H2,1-5H3. The molecule has 0 aliphatic carbocycles. The molecule has 10 heteroatoms. The average molecular weight is 374 g/mol. The molecule has 0 radical (unpaired) electrons. The van der Waals surface area contributed by atoms with Crippen LogP contribution >= 0.6 is 15.2 Å². The molecule has 0 saturated heterocycles. The average Bonchev–Trinajstić information content (AvgIpc) is 2.46. The van der Waals surface area contributed by atoms with Crippen LogP contribution in [-0.4, -0.2) is 51.8 Å². The van der Waals surface area contributed by atoms with E-state index in [1.807, 2.05) is 0 Å². The summed E-state index contributed by atoms with van der Waals surface area (Å²) in [5.74, 6) is -1.64. The van der Waals surface area contributed by atoms with Gasteiger partial charge in [0.1, 0.15) is 0 Å². The van der Waals surface area contributed by atoms with Gasteiger partial charge in [-0.15, -0.1) is 0 Å². The SMILES string of the molecule is CCOP(=O)(CC(CP(=O)(OCC)OCC)C(=O)OC)OCC. The molecule has 0 unspecified atom stereocenters. The van der Waals surface area contributed by atoms with E-state index < -0.39 is 27.1 Å². The lowest BCUT2D eigenvalue weighted by atomic mass is 10.2. The van der Waals surface area contributed by atoms with E-state index in [0.717, 1.165) is 0 Å². The van der Waals surface area contributed by atoms with Crippen LogP contribution in [0.4, 0.5) is 0 Å². The lowest BCUT2D eigenvalue weighted by Gasteiger charge is -2.24. The fraction of sp³-hybridized carbons (Fsp3) is 0.923. The van der Waals surface area contributed by atoms with E-state index in [0.29, 0.717) is 0 Å². The second-order valence-electron chi connectivity index (χ2n) is 4.48. The molecule has 0 fully saturated rings. The number of hydrogen-bond donors (Lipinski definition) is 0. The van der Waals surface area contributed by atoms with Gasteiger partial charge in [-0.2, -0.15) is 0 Å². The van der Waals surface area contributed by atoms with Gasteiger partial charge in [0.2, 0.25) is 0 Å². The van der Waals surface area contributed by atoms with Crippen molar-refractivity contribution < 1.29 is 36.8 Å². The van der Waals surface area contributed by atoms with Gasteiger partial charge in [-0.3, -0.25) is 13.9 Å². The number of rotatable bonds is 13. The van der Waals surface area contributed by atoms with Gasteiger partial charge in [-0.1, -0.05) is 0 Å². The number of carbonyl (C=O) groups excluding carboxylic acids is 1. The minimum atomic E-state index is -3.50. The zero-order valence-corrected chi connectivity index (χ0v) is 16.3. The molecule has 0 aliphatic heterocycles. The lowest BCUT2D eigenvalue weighted by molar-refractivity contribution is -0.144. The molecule has 0 aromatic carbocycles. The Morgan fingerprint density at radius 2 is 1.09 bits per heavy atom. The summed E-state index contributed by atoms with van der Waals surface area (Å²) in [5.41, 5.74) is 0. The van der Waals surface area contributed by atoms with E-state index in [1.165, 1.54) is 7.11 Å². The highest BCUT2D eigenvalue weighted by molar-refractivity contribution is 7.55. The summed E-state index contributed by atoms with van der Waals surface area (Å²) in [6, 6.07) is 0. The molecule has 0 bridgehead atoms. The normalized spacial score (nSPS) is 12.6. The highest BCUT2D eigenvalue weighted by Gasteiger charge is 2.39. The molecule has 23 heavy (non-hydrogen) atoms. The zero-order chi connectivity index (χ0) is 17.9. The number of esters is 1. The van der Waals surface area contributed by atoms with Crippen LogP contribution in [0.2, 0.25) is 0 Å². The van der Waals surface area contributed by atoms with Crippen LogP contribution in [0.15, 0.2) is 0 Å². The molecule has 0 amide bonds. The molecular formula is C13H28O8P2. The lowest BCUT2D eigenvalue weighted by Crippen LogP contribution is -2.26. The smallest absolute Gasteiger partial charge is 0.331 e. The van der Waals surface area contributed by atoms with Crippen LogP contribution in [-0.2, 0) is 36.8 Å². The van der Waals surface area contributed by atoms with E-state index in [4.69, 9.17) is 22.8 Å². The van der Waals surface area contributed by atoms with Gasteiger partial charge in [-0.05, 0) is 27.7 Å². The molecule has 0 spiro atoms. The Bertz CT molecular complexity index is 388. The summed E-state index contributed by atoms with van der Waals surface area (Å²) in [7, 11) is -5.80. The molecule has 138 valence electrons. The molecule has 0 heterocycles. The Morgan fingerprint density at radius 3 is 1.30 bits per heavy atom. The maximum absolute atomic E-state index is 12.6. The molecular weight excluding hydrogens is 346 g/mol. The van der Waals surface area contributed by atoms with Crippen molar-refractivity contribution >= 4 is 21.2 Å². The monoisotopic (exact) mass is 374 g/mol. The molecule has 0 N–H and O–H groups in total. The Labute approximate surface area is 138 Å².